The standard InChI is InChI=1S/C20H21F13O2/c1-13(2,3)35-12-9-7-6-8-11(12)14(4,34-5)10-15(21,22)16(23,24)17(25,26)18(27,28)19(29,30)20(31,32)33/h6-9H,10H2,1-5H3. The van der Waals surface area contributed by atoms with E-state index in [9.17, 15) is 57.1 Å². The summed E-state index contributed by atoms with van der Waals surface area (Å²) in [5.41, 5.74) is -4.18. The van der Waals surface area contributed by atoms with Crippen LogP contribution < -0.4 is 4.74 Å². The molecule has 15 heteroatoms. The van der Waals surface area contributed by atoms with Crippen molar-refractivity contribution in [3.8, 4) is 5.75 Å². The summed E-state index contributed by atoms with van der Waals surface area (Å²) in [5, 5.41) is 0. The lowest BCUT2D eigenvalue weighted by Gasteiger charge is -2.42. The molecule has 1 rings (SSSR count). The average molecular weight is 540 g/mol. The van der Waals surface area contributed by atoms with Gasteiger partial charge >= 0.3 is 35.8 Å². The highest BCUT2D eigenvalue weighted by Crippen LogP contribution is 2.61. The molecule has 1 atom stereocenters. The maximum atomic E-state index is 14.5. The van der Waals surface area contributed by atoms with Gasteiger partial charge in [0, 0.05) is 12.7 Å². The van der Waals surface area contributed by atoms with E-state index in [1.165, 1.54) is 32.9 Å². The fourth-order valence-electron chi connectivity index (χ4n) is 2.94. The zero-order valence-corrected chi connectivity index (χ0v) is 18.7. The summed E-state index contributed by atoms with van der Waals surface area (Å²) >= 11 is 0. The van der Waals surface area contributed by atoms with Gasteiger partial charge in [0.25, 0.3) is 0 Å². The van der Waals surface area contributed by atoms with E-state index < -0.39 is 59.0 Å². The number of ether oxygens (including phenoxy) is 2. The molecule has 1 unspecified atom stereocenters. The SMILES string of the molecule is COC(C)(CC(F)(F)C(F)(F)C(F)(F)C(F)(F)C(F)(F)C(F)(F)F)c1ccccc1OC(C)(C)C. The molecule has 0 spiro atoms. The van der Waals surface area contributed by atoms with Crippen molar-refractivity contribution in [3.05, 3.63) is 29.8 Å². The smallest absolute Gasteiger partial charge is 0.460 e. The number of benzene rings is 1. The number of para-hydroxylation sites is 1. The van der Waals surface area contributed by atoms with Gasteiger partial charge in [-0.25, -0.2) is 0 Å². The fraction of sp³-hybridized carbons (Fsp3) is 0.700. The van der Waals surface area contributed by atoms with Gasteiger partial charge in [0.15, 0.2) is 0 Å². The molecule has 2 nitrogen and oxygen atoms in total. The molecular formula is C20H21F13O2. The first-order valence-corrected chi connectivity index (χ1v) is 9.51. The molecule has 0 bridgehead atoms. The second-order valence-electron chi connectivity index (χ2n) is 8.82. The number of hydrogen-bond donors (Lipinski definition) is 0. The Hall–Kier alpha value is -1.93. The minimum Gasteiger partial charge on any atom is -0.488 e. The summed E-state index contributed by atoms with van der Waals surface area (Å²) in [6, 6.07) is 4.62. The van der Waals surface area contributed by atoms with Gasteiger partial charge in [0.2, 0.25) is 0 Å². The summed E-state index contributed by atoms with van der Waals surface area (Å²) < 4.78 is 185. The Morgan fingerprint density at radius 1 is 0.629 bits per heavy atom. The van der Waals surface area contributed by atoms with E-state index in [1.54, 1.807) is 0 Å². The lowest BCUT2D eigenvalue weighted by molar-refractivity contribution is -0.441. The molecule has 0 saturated carbocycles. The topological polar surface area (TPSA) is 18.5 Å². The van der Waals surface area contributed by atoms with Crippen LogP contribution in [0.15, 0.2) is 24.3 Å². The Bertz CT molecular complexity index is 888. The van der Waals surface area contributed by atoms with E-state index in [0.717, 1.165) is 12.1 Å². The van der Waals surface area contributed by atoms with Crippen LogP contribution >= 0.6 is 0 Å². The fourth-order valence-corrected chi connectivity index (χ4v) is 2.94. The number of halogens is 13. The van der Waals surface area contributed by atoms with Crippen molar-refractivity contribution in [2.75, 3.05) is 7.11 Å². The molecule has 0 fully saturated rings. The van der Waals surface area contributed by atoms with Crippen LogP contribution in [0.2, 0.25) is 0 Å². The largest absolute Gasteiger partial charge is 0.488 e. The monoisotopic (exact) mass is 540 g/mol. The molecule has 0 saturated heterocycles. The zero-order chi connectivity index (χ0) is 28.1. The minimum atomic E-state index is -7.96. The summed E-state index contributed by atoms with van der Waals surface area (Å²) in [6.45, 7) is 5.11. The third kappa shape index (κ3) is 5.29. The quantitative estimate of drug-likeness (QED) is 0.297. The number of hydrogen-bond acceptors (Lipinski definition) is 2. The Balaban J connectivity index is 3.60. The first kappa shape index (κ1) is 31.1. The van der Waals surface area contributed by atoms with Crippen molar-refractivity contribution in [1.82, 2.24) is 0 Å². The van der Waals surface area contributed by atoms with Gasteiger partial charge in [-0.3, -0.25) is 0 Å². The predicted molar refractivity (Wildman–Crippen MR) is 96.6 cm³/mol. The molecule has 0 N–H and O–H groups in total. The van der Waals surface area contributed by atoms with Crippen LogP contribution in [0.5, 0.6) is 5.75 Å². The van der Waals surface area contributed by atoms with Gasteiger partial charge in [-0.2, -0.15) is 57.1 Å². The molecule has 1 aromatic carbocycles. The average Bonchev–Trinajstić information content (AvgIpc) is 2.65. The van der Waals surface area contributed by atoms with Crippen LogP contribution in [0.4, 0.5) is 57.1 Å². The second-order valence-corrected chi connectivity index (χ2v) is 8.82. The van der Waals surface area contributed by atoms with E-state index in [-0.39, 0.29) is 5.75 Å². The number of rotatable bonds is 9. The second kappa shape index (κ2) is 8.87. The number of alkyl halides is 13. The van der Waals surface area contributed by atoms with E-state index in [0.29, 0.717) is 14.0 Å². The van der Waals surface area contributed by atoms with E-state index in [2.05, 4.69) is 0 Å². The first-order valence-electron chi connectivity index (χ1n) is 9.51. The van der Waals surface area contributed by atoms with Crippen molar-refractivity contribution in [2.45, 2.75) is 81.1 Å². The van der Waals surface area contributed by atoms with Crippen LogP contribution in [0.1, 0.15) is 39.7 Å². The van der Waals surface area contributed by atoms with Crippen molar-refractivity contribution in [2.24, 2.45) is 0 Å². The maximum Gasteiger partial charge on any atom is 0.460 e. The lowest BCUT2D eigenvalue weighted by Crippen LogP contribution is -2.70. The third-order valence-electron chi connectivity index (χ3n) is 4.88. The Labute approximate surface area is 191 Å². The highest BCUT2D eigenvalue weighted by atomic mass is 19.4. The Morgan fingerprint density at radius 2 is 1.06 bits per heavy atom. The van der Waals surface area contributed by atoms with Gasteiger partial charge in [-0.1, -0.05) is 18.2 Å². The van der Waals surface area contributed by atoms with Gasteiger partial charge in [0.05, 0.1) is 12.0 Å². The molecule has 0 aliphatic heterocycles. The molecule has 0 heterocycles. The van der Waals surface area contributed by atoms with E-state index in [4.69, 9.17) is 9.47 Å². The summed E-state index contributed by atoms with van der Waals surface area (Å²) in [6.07, 6.45) is -10.0. The molecule has 35 heavy (non-hydrogen) atoms. The highest BCUT2D eigenvalue weighted by molar-refractivity contribution is 5.38. The maximum absolute atomic E-state index is 14.5. The van der Waals surface area contributed by atoms with Gasteiger partial charge in [-0.05, 0) is 33.8 Å². The third-order valence-corrected chi connectivity index (χ3v) is 4.88. The van der Waals surface area contributed by atoms with Crippen molar-refractivity contribution < 1.29 is 66.5 Å². The zero-order valence-electron chi connectivity index (χ0n) is 18.7. The van der Waals surface area contributed by atoms with Gasteiger partial charge in [0.1, 0.15) is 11.4 Å². The van der Waals surface area contributed by atoms with E-state index >= 15 is 0 Å². The molecule has 0 aliphatic carbocycles. The summed E-state index contributed by atoms with van der Waals surface area (Å²) in [7, 11) is 0.659. The first-order chi connectivity index (χ1) is 15.2. The van der Waals surface area contributed by atoms with Gasteiger partial charge in [-0.15, -0.1) is 0 Å². The van der Waals surface area contributed by atoms with Crippen LogP contribution in [-0.2, 0) is 10.3 Å². The molecule has 1 aromatic rings. The molecule has 204 valence electrons. The molecule has 0 aromatic heterocycles. The van der Waals surface area contributed by atoms with Crippen LogP contribution in [0, 0.1) is 0 Å². The molecular weight excluding hydrogens is 519 g/mol. The molecule has 0 amide bonds. The molecule has 0 radical (unpaired) electrons. The van der Waals surface area contributed by atoms with Crippen molar-refractivity contribution >= 4 is 0 Å². The Morgan fingerprint density at radius 3 is 1.46 bits per heavy atom. The van der Waals surface area contributed by atoms with Crippen LogP contribution in [0.3, 0.4) is 0 Å². The highest BCUT2D eigenvalue weighted by Gasteiger charge is 2.90. The lowest BCUT2D eigenvalue weighted by atomic mass is 9.83. The number of methoxy groups -OCH3 is 1. The molecule has 0 aliphatic rings. The summed E-state index contributed by atoms with van der Waals surface area (Å²) in [4.78, 5) is 0. The van der Waals surface area contributed by atoms with Crippen LogP contribution in [-0.4, -0.2) is 48.5 Å². The minimum absolute atomic E-state index is 0.274. The Kier molecular flexibility index (Phi) is 7.88. The van der Waals surface area contributed by atoms with Crippen molar-refractivity contribution in [1.29, 1.82) is 0 Å². The predicted octanol–water partition coefficient (Wildman–Crippen LogP) is 7.85. The normalized spacial score (nSPS) is 16.7. The summed E-state index contributed by atoms with van der Waals surface area (Å²) in [5.74, 6) is -37.6. The van der Waals surface area contributed by atoms with Gasteiger partial charge < -0.3 is 9.47 Å². The van der Waals surface area contributed by atoms with Crippen molar-refractivity contribution in [3.63, 3.8) is 0 Å². The van der Waals surface area contributed by atoms with Crippen LogP contribution in [0.25, 0.3) is 0 Å². The van der Waals surface area contributed by atoms with E-state index in [1.807, 2.05) is 0 Å².